The lowest BCUT2D eigenvalue weighted by Crippen LogP contribution is -2.51. The number of amides is 1. The Bertz CT molecular complexity index is 707. The fourth-order valence-electron chi connectivity index (χ4n) is 4.36. The minimum absolute atomic E-state index is 0.0502. The highest BCUT2D eigenvalue weighted by Crippen LogP contribution is 2.36. The van der Waals surface area contributed by atoms with Gasteiger partial charge in [-0.1, -0.05) is 25.3 Å². The summed E-state index contributed by atoms with van der Waals surface area (Å²) in [6.07, 6.45) is 6.73. The summed E-state index contributed by atoms with van der Waals surface area (Å²) >= 11 is 0. The lowest BCUT2D eigenvalue weighted by Gasteiger charge is -2.33. The summed E-state index contributed by atoms with van der Waals surface area (Å²) < 4.78 is 10.7. The van der Waals surface area contributed by atoms with Gasteiger partial charge >= 0.3 is 0 Å². The summed E-state index contributed by atoms with van der Waals surface area (Å²) in [4.78, 5) is 14.9. The van der Waals surface area contributed by atoms with Gasteiger partial charge in [-0.2, -0.15) is 5.26 Å². The van der Waals surface area contributed by atoms with Crippen molar-refractivity contribution < 1.29 is 14.3 Å². The van der Waals surface area contributed by atoms with Gasteiger partial charge in [0.25, 0.3) is 0 Å². The van der Waals surface area contributed by atoms with Crippen LogP contribution in [0.15, 0.2) is 18.2 Å². The first kappa shape index (κ1) is 19.5. The van der Waals surface area contributed by atoms with Gasteiger partial charge in [0.1, 0.15) is 5.54 Å². The molecule has 0 aromatic heterocycles. The Morgan fingerprint density at radius 3 is 2.63 bits per heavy atom. The van der Waals surface area contributed by atoms with Crippen LogP contribution < -0.4 is 14.8 Å². The van der Waals surface area contributed by atoms with Gasteiger partial charge in [-0.25, -0.2) is 0 Å². The molecule has 1 aliphatic heterocycles. The molecule has 6 heteroatoms. The number of nitriles is 1. The van der Waals surface area contributed by atoms with Crippen LogP contribution >= 0.6 is 0 Å². The molecule has 0 unspecified atom stereocenters. The summed E-state index contributed by atoms with van der Waals surface area (Å²) in [5.41, 5.74) is 0.457. The van der Waals surface area contributed by atoms with Gasteiger partial charge in [0.05, 0.1) is 26.8 Å². The molecule has 1 aliphatic carbocycles. The maximum atomic E-state index is 12.7. The highest BCUT2D eigenvalue weighted by Gasteiger charge is 2.35. The first-order valence-corrected chi connectivity index (χ1v) is 9.79. The third-order valence-corrected chi connectivity index (χ3v) is 5.80. The predicted molar refractivity (Wildman–Crippen MR) is 103 cm³/mol. The number of nitrogens with zero attached hydrogens (tertiary/aromatic N) is 2. The van der Waals surface area contributed by atoms with E-state index < -0.39 is 5.54 Å². The van der Waals surface area contributed by atoms with Crippen LogP contribution in [0.5, 0.6) is 11.5 Å². The molecule has 6 nitrogen and oxygen atoms in total. The molecule has 1 atom stereocenters. The van der Waals surface area contributed by atoms with Crippen molar-refractivity contribution in [1.82, 2.24) is 10.2 Å². The van der Waals surface area contributed by atoms with E-state index in [0.717, 1.165) is 57.1 Å². The number of methoxy groups -OCH3 is 2. The average molecular weight is 371 g/mol. The number of carbonyl (C=O) groups excluding carboxylic acids is 1. The monoisotopic (exact) mass is 371 g/mol. The minimum atomic E-state index is -0.673. The smallest absolute Gasteiger partial charge is 0.235 e. The van der Waals surface area contributed by atoms with E-state index >= 15 is 0 Å². The summed E-state index contributed by atoms with van der Waals surface area (Å²) in [7, 11) is 3.26. The summed E-state index contributed by atoms with van der Waals surface area (Å²) in [6.45, 7) is 1.20. The van der Waals surface area contributed by atoms with Gasteiger partial charge in [-0.15, -0.1) is 0 Å². The fourth-order valence-corrected chi connectivity index (χ4v) is 4.36. The fraction of sp³-hybridized carbons (Fsp3) is 0.619. The van der Waals surface area contributed by atoms with E-state index in [4.69, 9.17) is 9.47 Å². The Hall–Kier alpha value is -2.26. The zero-order chi connectivity index (χ0) is 19.3. The van der Waals surface area contributed by atoms with E-state index in [1.54, 1.807) is 14.2 Å². The third-order valence-electron chi connectivity index (χ3n) is 5.80. The van der Waals surface area contributed by atoms with Gasteiger partial charge < -0.3 is 14.8 Å². The topological polar surface area (TPSA) is 74.6 Å². The number of likely N-dealkylation sites (tertiary alicyclic amines) is 1. The molecule has 27 heavy (non-hydrogen) atoms. The largest absolute Gasteiger partial charge is 0.493 e. The van der Waals surface area contributed by atoms with Crippen molar-refractivity contribution in [3.8, 4) is 17.6 Å². The van der Waals surface area contributed by atoms with Crippen LogP contribution in [0.3, 0.4) is 0 Å². The van der Waals surface area contributed by atoms with Gasteiger partial charge in [0.15, 0.2) is 11.5 Å². The van der Waals surface area contributed by atoms with Crippen molar-refractivity contribution >= 4 is 5.91 Å². The van der Waals surface area contributed by atoms with Crippen molar-refractivity contribution in [1.29, 1.82) is 5.26 Å². The van der Waals surface area contributed by atoms with E-state index in [1.165, 1.54) is 0 Å². The maximum Gasteiger partial charge on any atom is 0.235 e. The molecule has 1 N–H and O–H groups in total. The molecular formula is C21H29N3O3. The van der Waals surface area contributed by atoms with Crippen LogP contribution in [0, 0.1) is 11.3 Å². The lowest BCUT2D eigenvalue weighted by atomic mass is 9.83. The van der Waals surface area contributed by atoms with Crippen LogP contribution in [0.4, 0.5) is 0 Å². The Morgan fingerprint density at radius 2 is 1.96 bits per heavy atom. The average Bonchev–Trinajstić information content (AvgIpc) is 3.15. The van der Waals surface area contributed by atoms with E-state index in [2.05, 4.69) is 16.3 Å². The molecule has 1 heterocycles. The number of ether oxygens (including phenoxy) is 2. The minimum Gasteiger partial charge on any atom is -0.493 e. The quantitative estimate of drug-likeness (QED) is 0.831. The van der Waals surface area contributed by atoms with Crippen LogP contribution in [0.25, 0.3) is 0 Å². The predicted octanol–water partition coefficient (Wildman–Crippen LogP) is 3.18. The van der Waals surface area contributed by atoms with E-state index in [0.29, 0.717) is 18.0 Å². The molecule has 1 aromatic carbocycles. The normalized spacial score (nSPS) is 22.0. The Kier molecular flexibility index (Phi) is 6.22. The molecule has 1 amide bonds. The van der Waals surface area contributed by atoms with Crippen molar-refractivity contribution in [2.45, 2.75) is 56.5 Å². The Balaban J connectivity index is 1.68. The molecular weight excluding hydrogens is 342 g/mol. The maximum absolute atomic E-state index is 12.7. The zero-order valence-electron chi connectivity index (χ0n) is 16.3. The second-order valence-electron chi connectivity index (χ2n) is 7.55. The summed E-state index contributed by atoms with van der Waals surface area (Å²) in [5, 5.41) is 12.6. The molecule has 1 saturated carbocycles. The molecule has 0 radical (unpaired) electrons. The van der Waals surface area contributed by atoms with Crippen LogP contribution in [-0.2, 0) is 4.79 Å². The van der Waals surface area contributed by atoms with E-state index in [9.17, 15) is 10.1 Å². The number of benzene rings is 1. The van der Waals surface area contributed by atoms with Crippen LogP contribution in [-0.4, -0.2) is 43.7 Å². The third kappa shape index (κ3) is 4.36. The molecule has 2 fully saturated rings. The SMILES string of the molecule is COc1ccc([C@@H]2CCCN2CC(=O)NC2(C#N)CCCCC2)cc1OC. The van der Waals surface area contributed by atoms with Gasteiger partial charge in [0, 0.05) is 6.04 Å². The molecule has 0 bridgehead atoms. The number of nitrogens with one attached hydrogen (secondary N) is 1. The number of rotatable bonds is 6. The molecule has 1 aromatic rings. The van der Waals surface area contributed by atoms with E-state index in [-0.39, 0.29) is 11.9 Å². The highest BCUT2D eigenvalue weighted by atomic mass is 16.5. The number of carbonyl (C=O) groups is 1. The van der Waals surface area contributed by atoms with Gasteiger partial charge in [-0.3, -0.25) is 9.69 Å². The zero-order valence-corrected chi connectivity index (χ0v) is 16.3. The second kappa shape index (κ2) is 8.62. The molecule has 3 rings (SSSR count). The Labute approximate surface area is 161 Å². The summed E-state index contributed by atoms with van der Waals surface area (Å²) in [5.74, 6) is 1.36. The molecule has 2 aliphatic rings. The van der Waals surface area contributed by atoms with Crippen molar-refractivity contribution in [2.24, 2.45) is 0 Å². The Morgan fingerprint density at radius 1 is 1.22 bits per heavy atom. The molecule has 1 saturated heterocycles. The standard InChI is InChI=1S/C21H29N3O3/c1-26-18-9-8-16(13-19(18)27-2)17-7-6-12-24(17)14-20(25)23-21(15-22)10-4-3-5-11-21/h8-9,13,17H,3-7,10-12,14H2,1-2H3,(H,23,25)/t17-/m0/s1. The van der Waals surface area contributed by atoms with Crippen molar-refractivity contribution in [3.05, 3.63) is 23.8 Å². The second-order valence-corrected chi connectivity index (χ2v) is 7.55. The summed E-state index contributed by atoms with van der Waals surface area (Å²) in [6, 6.07) is 8.50. The molecule has 0 spiro atoms. The van der Waals surface area contributed by atoms with Crippen molar-refractivity contribution in [2.75, 3.05) is 27.3 Å². The van der Waals surface area contributed by atoms with Crippen LogP contribution in [0.2, 0.25) is 0 Å². The van der Waals surface area contributed by atoms with Crippen LogP contribution in [0.1, 0.15) is 56.6 Å². The first-order valence-electron chi connectivity index (χ1n) is 9.79. The van der Waals surface area contributed by atoms with Gasteiger partial charge in [-0.05, 0) is 49.9 Å². The van der Waals surface area contributed by atoms with Gasteiger partial charge in [0.2, 0.25) is 5.91 Å². The number of hydrogen-bond acceptors (Lipinski definition) is 5. The molecule has 146 valence electrons. The number of hydrogen-bond donors (Lipinski definition) is 1. The lowest BCUT2D eigenvalue weighted by molar-refractivity contribution is -0.124. The van der Waals surface area contributed by atoms with E-state index in [1.807, 2.05) is 18.2 Å². The highest BCUT2D eigenvalue weighted by molar-refractivity contribution is 5.79. The van der Waals surface area contributed by atoms with Crippen molar-refractivity contribution in [3.63, 3.8) is 0 Å². The first-order chi connectivity index (χ1) is 13.1.